The van der Waals surface area contributed by atoms with E-state index < -0.39 is 0 Å². The Labute approximate surface area is 162 Å². The second kappa shape index (κ2) is 8.13. The van der Waals surface area contributed by atoms with Crippen molar-refractivity contribution in [1.82, 2.24) is 0 Å². The molecule has 4 heteroatoms. The lowest BCUT2D eigenvalue weighted by molar-refractivity contribution is -0.687. The fraction of sp³-hybridized carbons (Fsp3) is 0.435. The normalized spacial score (nSPS) is 16.5. The van der Waals surface area contributed by atoms with Crippen molar-refractivity contribution in [3.8, 4) is 5.75 Å². The van der Waals surface area contributed by atoms with E-state index in [0.717, 1.165) is 18.5 Å². The first kappa shape index (κ1) is 19.4. The minimum atomic E-state index is 0.00223. The number of aryl methyl sites for hydroxylation is 1. The lowest BCUT2D eigenvalue weighted by atomic mass is 9.87. The monoisotopic (exact) mass is 367 g/mol. The summed E-state index contributed by atoms with van der Waals surface area (Å²) in [4.78, 5) is 12.6. The van der Waals surface area contributed by atoms with Gasteiger partial charge < -0.3 is 15.4 Å². The number of carbonyl (C=O) groups is 1. The molecule has 1 amide bonds. The summed E-state index contributed by atoms with van der Waals surface area (Å²) in [6, 6.07) is 15.0. The molecule has 2 aromatic carbocycles. The Morgan fingerprint density at radius 3 is 2.74 bits per heavy atom. The highest BCUT2D eigenvalue weighted by atomic mass is 16.5. The second-order valence-electron chi connectivity index (χ2n) is 8.35. The fourth-order valence-corrected chi connectivity index (χ4v) is 3.76. The van der Waals surface area contributed by atoms with Gasteiger partial charge in [0.15, 0.2) is 6.54 Å². The minimum absolute atomic E-state index is 0.00223. The van der Waals surface area contributed by atoms with Crippen LogP contribution in [-0.4, -0.2) is 19.6 Å². The van der Waals surface area contributed by atoms with Gasteiger partial charge in [0.1, 0.15) is 11.8 Å². The van der Waals surface area contributed by atoms with E-state index in [0.29, 0.717) is 18.3 Å². The molecule has 1 aliphatic rings. The van der Waals surface area contributed by atoms with E-state index in [1.807, 2.05) is 12.1 Å². The maximum absolute atomic E-state index is 12.6. The molecule has 2 aromatic rings. The van der Waals surface area contributed by atoms with Gasteiger partial charge >= 0.3 is 0 Å². The van der Waals surface area contributed by atoms with E-state index in [4.69, 9.17) is 4.74 Å². The van der Waals surface area contributed by atoms with E-state index >= 15 is 0 Å². The molecule has 0 unspecified atom stereocenters. The van der Waals surface area contributed by atoms with Crippen LogP contribution in [0.5, 0.6) is 5.75 Å². The number of hydrogen-bond donors (Lipinski definition) is 2. The molecule has 3 N–H and O–H groups in total. The summed E-state index contributed by atoms with van der Waals surface area (Å²) < 4.78 is 5.43. The van der Waals surface area contributed by atoms with Crippen LogP contribution in [0.15, 0.2) is 42.5 Å². The lowest BCUT2D eigenvalue weighted by Crippen LogP contribution is -2.87. The fourth-order valence-electron chi connectivity index (χ4n) is 3.76. The van der Waals surface area contributed by atoms with Gasteiger partial charge in [-0.1, -0.05) is 51.1 Å². The van der Waals surface area contributed by atoms with E-state index in [2.05, 4.69) is 61.7 Å². The number of anilines is 1. The topological polar surface area (TPSA) is 54.9 Å². The number of fused-ring (bicyclic) bond motifs is 1. The lowest BCUT2D eigenvalue weighted by Gasteiger charge is -2.24. The predicted octanol–water partition coefficient (Wildman–Crippen LogP) is 3.57. The molecule has 0 bridgehead atoms. The first-order chi connectivity index (χ1) is 12.9. The molecule has 1 aliphatic carbocycles. The number of quaternary nitrogens is 1. The zero-order chi connectivity index (χ0) is 19.4. The third-order valence-electron chi connectivity index (χ3n) is 5.34. The van der Waals surface area contributed by atoms with Crippen LogP contribution in [0.2, 0.25) is 0 Å². The molecule has 0 radical (unpaired) electrons. The Kier molecular flexibility index (Phi) is 5.85. The number of benzene rings is 2. The van der Waals surface area contributed by atoms with E-state index in [1.54, 1.807) is 7.11 Å². The van der Waals surface area contributed by atoms with Crippen LogP contribution >= 0.6 is 0 Å². The van der Waals surface area contributed by atoms with Crippen molar-refractivity contribution < 1.29 is 14.8 Å². The van der Waals surface area contributed by atoms with Gasteiger partial charge in [0.05, 0.1) is 12.8 Å². The third-order valence-corrected chi connectivity index (χ3v) is 5.34. The molecule has 0 heterocycles. The van der Waals surface area contributed by atoms with Gasteiger partial charge in [0.2, 0.25) is 0 Å². The van der Waals surface area contributed by atoms with Gasteiger partial charge in [-0.25, -0.2) is 0 Å². The Balaban J connectivity index is 1.67. The SMILES string of the molecule is COc1ccc(C(C)(C)C)cc1NC(=O)C[NH2+][C@@H]1CCCc2ccccc21. The molecule has 144 valence electrons. The van der Waals surface area contributed by atoms with Crippen LogP contribution in [0.1, 0.15) is 56.3 Å². The van der Waals surface area contributed by atoms with Crippen LogP contribution < -0.4 is 15.4 Å². The Hall–Kier alpha value is -2.33. The minimum Gasteiger partial charge on any atom is -0.495 e. The summed E-state index contributed by atoms with van der Waals surface area (Å²) in [6.45, 7) is 6.89. The molecule has 0 aliphatic heterocycles. The van der Waals surface area contributed by atoms with Gasteiger partial charge in [0.25, 0.3) is 5.91 Å². The summed E-state index contributed by atoms with van der Waals surface area (Å²) >= 11 is 0. The van der Waals surface area contributed by atoms with Crippen molar-refractivity contribution in [3.05, 3.63) is 59.2 Å². The maximum atomic E-state index is 12.6. The average Bonchev–Trinajstić information content (AvgIpc) is 2.65. The first-order valence-electron chi connectivity index (χ1n) is 9.78. The zero-order valence-corrected chi connectivity index (χ0v) is 16.8. The van der Waals surface area contributed by atoms with Crippen LogP contribution in [0.3, 0.4) is 0 Å². The summed E-state index contributed by atoms with van der Waals surface area (Å²) in [5.74, 6) is 0.696. The quantitative estimate of drug-likeness (QED) is 0.849. The van der Waals surface area contributed by atoms with Gasteiger partial charge in [-0.15, -0.1) is 0 Å². The third kappa shape index (κ3) is 4.69. The number of nitrogens with two attached hydrogens (primary N) is 1. The number of nitrogens with one attached hydrogen (secondary N) is 1. The van der Waals surface area contributed by atoms with E-state index in [1.165, 1.54) is 23.1 Å². The smallest absolute Gasteiger partial charge is 0.279 e. The first-order valence-corrected chi connectivity index (χ1v) is 9.78. The number of methoxy groups -OCH3 is 1. The number of rotatable bonds is 5. The molecule has 4 nitrogen and oxygen atoms in total. The molecular weight excluding hydrogens is 336 g/mol. The van der Waals surface area contributed by atoms with E-state index in [9.17, 15) is 4.79 Å². The predicted molar refractivity (Wildman–Crippen MR) is 109 cm³/mol. The van der Waals surface area contributed by atoms with Crippen molar-refractivity contribution >= 4 is 11.6 Å². The molecule has 1 atom stereocenters. The molecule has 0 fully saturated rings. The Morgan fingerprint density at radius 2 is 2.00 bits per heavy atom. The zero-order valence-electron chi connectivity index (χ0n) is 16.8. The van der Waals surface area contributed by atoms with Crippen molar-refractivity contribution in [2.75, 3.05) is 19.0 Å². The van der Waals surface area contributed by atoms with Crippen molar-refractivity contribution in [1.29, 1.82) is 0 Å². The molecule has 27 heavy (non-hydrogen) atoms. The van der Waals surface area contributed by atoms with Crippen molar-refractivity contribution in [2.24, 2.45) is 0 Å². The van der Waals surface area contributed by atoms with Crippen molar-refractivity contribution in [3.63, 3.8) is 0 Å². The molecule has 0 saturated carbocycles. The summed E-state index contributed by atoms with van der Waals surface area (Å²) in [5, 5.41) is 5.20. The average molecular weight is 368 g/mol. The van der Waals surface area contributed by atoms with E-state index in [-0.39, 0.29) is 11.3 Å². The van der Waals surface area contributed by atoms with Crippen LogP contribution in [0.4, 0.5) is 5.69 Å². The standard InChI is InChI=1S/C23H30N2O2/c1-23(2,3)17-12-13-21(27-4)20(14-17)25-22(26)15-24-19-11-7-9-16-8-5-6-10-18(16)19/h5-6,8,10,12-14,19,24H,7,9,11,15H2,1-4H3,(H,25,26)/p+1/t19-/m1/s1. The van der Waals surface area contributed by atoms with Gasteiger partial charge in [-0.2, -0.15) is 0 Å². The summed E-state index contributed by atoms with van der Waals surface area (Å²) in [7, 11) is 1.63. The highest BCUT2D eigenvalue weighted by Crippen LogP contribution is 2.31. The number of ether oxygens (including phenoxy) is 1. The highest BCUT2D eigenvalue weighted by Gasteiger charge is 2.23. The van der Waals surface area contributed by atoms with Gasteiger partial charge in [-0.3, -0.25) is 4.79 Å². The molecule has 0 saturated heterocycles. The summed E-state index contributed by atoms with van der Waals surface area (Å²) in [5.41, 5.74) is 4.73. The van der Waals surface area contributed by atoms with Crippen LogP contribution in [0.25, 0.3) is 0 Å². The number of amides is 1. The second-order valence-corrected chi connectivity index (χ2v) is 8.35. The summed E-state index contributed by atoms with van der Waals surface area (Å²) in [6.07, 6.45) is 3.44. The molecule has 0 aromatic heterocycles. The maximum Gasteiger partial charge on any atom is 0.279 e. The molecular formula is C23H31N2O2+. The highest BCUT2D eigenvalue weighted by molar-refractivity contribution is 5.93. The largest absolute Gasteiger partial charge is 0.495 e. The van der Waals surface area contributed by atoms with Crippen LogP contribution in [0, 0.1) is 0 Å². The molecule has 3 rings (SSSR count). The Morgan fingerprint density at radius 1 is 1.22 bits per heavy atom. The molecule has 0 spiro atoms. The Bertz CT molecular complexity index is 808. The van der Waals surface area contributed by atoms with Crippen LogP contribution in [-0.2, 0) is 16.6 Å². The number of carbonyl (C=O) groups excluding carboxylic acids is 1. The van der Waals surface area contributed by atoms with Gasteiger partial charge in [0, 0.05) is 12.0 Å². The van der Waals surface area contributed by atoms with Crippen molar-refractivity contribution in [2.45, 2.75) is 51.5 Å². The number of hydrogen-bond acceptors (Lipinski definition) is 2. The van der Waals surface area contributed by atoms with Gasteiger partial charge in [-0.05, 0) is 41.5 Å².